The van der Waals surface area contributed by atoms with Crippen molar-refractivity contribution >= 4 is 87.5 Å². The van der Waals surface area contributed by atoms with E-state index in [0.717, 1.165) is 0 Å². The molecule has 0 saturated heterocycles. The molecule has 0 unspecified atom stereocenters. The maximum Gasteiger partial charge on any atom is 3.00 e. The Morgan fingerprint density at radius 1 is 0.579 bits per heavy atom. The number of rotatable bonds is 0. The zero-order valence-electron chi connectivity index (χ0n) is 11.8. The first-order valence-electron chi connectivity index (χ1n) is 4.58. The fourth-order valence-electron chi connectivity index (χ4n) is 0. The Hall–Kier alpha value is 1.68. The van der Waals surface area contributed by atoms with Crippen molar-refractivity contribution in [2.75, 3.05) is 42.3 Å². The maximum absolute atomic E-state index is 4.56. The number of hydrogen-bond donors (Lipinski definition) is 0. The van der Waals surface area contributed by atoms with Gasteiger partial charge in [-0.25, -0.2) is 0 Å². The molecule has 0 atom stereocenters. The molecule has 0 N–H and O–H groups in total. The van der Waals surface area contributed by atoms with E-state index in [1.165, 1.54) is 0 Å². The first kappa shape index (κ1) is 28.8. The minimum absolute atomic E-state index is 0. The first-order chi connectivity index (χ1) is 7.93. The fourth-order valence-corrected chi connectivity index (χ4v) is 0. The van der Waals surface area contributed by atoms with Gasteiger partial charge in [0, 0.05) is 42.3 Å². The molecule has 1 radical (unpaired) electrons. The molecule has 0 bridgehead atoms. The summed E-state index contributed by atoms with van der Waals surface area (Å²) >= 11 is 27.4. The standard InChI is InChI=1S/3C3H7NS2.Nd/c3*1-4(2)3(5)6;/h3*1-2H3,(H,5,6);/q;;;+3/p-3. The molecule has 0 fully saturated rings. The summed E-state index contributed by atoms with van der Waals surface area (Å²) in [7, 11) is 11.0. The van der Waals surface area contributed by atoms with Gasteiger partial charge in [0.1, 0.15) is 0 Å². The van der Waals surface area contributed by atoms with E-state index in [0.29, 0.717) is 13.0 Å². The molecule has 0 heterocycles. The van der Waals surface area contributed by atoms with Crippen molar-refractivity contribution in [1.82, 2.24) is 14.7 Å². The van der Waals surface area contributed by atoms with Crippen molar-refractivity contribution in [3.8, 4) is 0 Å². The smallest absolute Gasteiger partial charge is 0.411 e. The van der Waals surface area contributed by atoms with Crippen LogP contribution in [-0.4, -0.2) is 69.9 Å². The average molecular weight is 505 g/mol. The summed E-state index contributed by atoms with van der Waals surface area (Å²) in [6, 6.07) is 0. The molecule has 109 valence electrons. The van der Waals surface area contributed by atoms with Crippen molar-refractivity contribution in [2.45, 2.75) is 0 Å². The molecular weight excluding hydrogens is 487 g/mol. The normalized spacial score (nSPS) is 7.26. The van der Waals surface area contributed by atoms with Gasteiger partial charge in [0.15, 0.2) is 0 Å². The van der Waals surface area contributed by atoms with Crippen LogP contribution < -0.4 is 0 Å². The van der Waals surface area contributed by atoms with Gasteiger partial charge in [-0.15, -0.1) is 0 Å². The molecule has 0 aromatic heterocycles. The van der Waals surface area contributed by atoms with Crippen LogP contribution in [0.4, 0.5) is 0 Å². The van der Waals surface area contributed by atoms with E-state index in [2.05, 4.69) is 74.5 Å². The Bertz CT molecular complexity index is 228. The molecule has 0 aromatic rings. The molecule has 0 rings (SSSR count). The van der Waals surface area contributed by atoms with Crippen LogP contribution in [0.5, 0.6) is 0 Å². The third-order valence-corrected chi connectivity index (χ3v) is 3.29. The minimum atomic E-state index is 0. The van der Waals surface area contributed by atoms with Crippen LogP contribution in [0.15, 0.2) is 0 Å². The van der Waals surface area contributed by atoms with Crippen LogP contribution in [0.1, 0.15) is 0 Å². The average Bonchev–Trinajstić information content (AvgIpc) is 2.18. The Morgan fingerprint density at radius 2 is 0.632 bits per heavy atom. The molecule has 0 aliphatic heterocycles. The van der Waals surface area contributed by atoms with Gasteiger partial charge in [-0.3, -0.25) is 0 Å². The van der Waals surface area contributed by atoms with Gasteiger partial charge in [-0.1, -0.05) is 13.0 Å². The summed E-state index contributed by atoms with van der Waals surface area (Å²) in [4.78, 5) is 5.14. The quantitative estimate of drug-likeness (QED) is 0.352. The molecule has 0 aliphatic carbocycles. The molecular formula is C9H18N3NdS6. The second kappa shape index (κ2) is 17.7. The summed E-state index contributed by atoms with van der Waals surface area (Å²) in [5.74, 6) is 0. The van der Waals surface area contributed by atoms with E-state index < -0.39 is 0 Å². The fraction of sp³-hybridized carbons (Fsp3) is 0.667. The number of thiocarbonyl (C=S) groups is 3. The van der Waals surface area contributed by atoms with Crippen LogP contribution >= 0.6 is 36.7 Å². The second-order valence-corrected chi connectivity index (χ2v) is 6.58. The Labute approximate surface area is 183 Å². The third-order valence-electron chi connectivity index (χ3n) is 1.10. The van der Waals surface area contributed by atoms with Gasteiger partial charge in [0.25, 0.3) is 0 Å². The Balaban J connectivity index is -0.0000000865. The predicted molar refractivity (Wildman–Crippen MR) is 101 cm³/mol. The van der Waals surface area contributed by atoms with Crippen LogP contribution in [0.3, 0.4) is 0 Å². The van der Waals surface area contributed by atoms with Crippen molar-refractivity contribution < 1.29 is 40.8 Å². The topological polar surface area (TPSA) is 9.72 Å². The molecule has 0 spiro atoms. The summed E-state index contributed by atoms with van der Waals surface area (Å²) in [6.07, 6.45) is 0. The summed E-state index contributed by atoms with van der Waals surface area (Å²) in [6.45, 7) is 0. The molecule has 10 heteroatoms. The van der Waals surface area contributed by atoms with E-state index in [9.17, 15) is 0 Å². The monoisotopic (exact) mass is 502 g/mol. The minimum Gasteiger partial charge on any atom is -0.411 e. The largest absolute Gasteiger partial charge is 3.00 e. The van der Waals surface area contributed by atoms with Gasteiger partial charge < -0.3 is 89.2 Å². The van der Waals surface area contributed by atoms with Gasteiger partial charge in [0.2, 0.25) is 0 Å². The van der Waals surface area contributed by atoms with Crippen LogP contribution in [-0.2, 0) is 37.9 Å². The Kier molecular flexibility index (Phi) is 26.9. The summed E-state index contributed by atoms with van der Waals surface area (Å²) in [5, 5.41) is 0. The molecule has 3 nitrogen and oxygen atoms in total. The van der Waals surface area contributed by atoms with E-state index in [4.69, 9.17) is 0 Å². The third kappa shape index (κ3) is 32.9. The zero-order chi connectivity index (χ0) is 15.5. The van der Waals surface area contributed by atoms with Crippen LogP contribution in [0.2, 0.25) is 0 Å². The molecule has 19 heavy (non-hydrogen) atoms. The SMILES string of the molecule is CN(C)C(=S)[S-].CN(C)C(=S)[S-].CN(C)C(=S)[S-].[Nd+3]. The molecule has 0 aliphatic rings. The number of nitrogens with zero attached hydrogens (tertiary/aromatic N) is 3. The van der Waals surface area contributed by atoms with E-state index in [-0.39, 0.29) is 40.8 Å². The molecule has 0 aromatic carbocycles. The molecule has 0 amide bonds. The van der Waals surface area contributed by atoms with Gasteiger partial charge in [-0.2, -0.15) is 0 Å². The van der Waals surface area contributed by atoms with Crippen molar-refractivity contribution in [3.05, 3.63) is 0 Å². The maximum atomic E-state index is 4.56. The Morgan fingerprint density at radius 3 is 0.632 bits per heavy atom. The van der Waals surface area contributed by atoms with Gasteiger partial charge in [-0.05, 0) is 0 Å². The predicted octanol–water partition coefficient (Wildman–Crippen LogP) is 1.14. The van der Waals surface area contributed by atoms with E-state index in [1.807, 2.05) is 42.3 Å². The van der Waals surface area contributed by atoms with Crippen molar-refractivity contribution in [2.24, 2.45) is 0 Å². The summed E-state index contributed by atoms with van der Waals surface area (Å²) in [5.41, 5.74) is 0. The van der Waals surface area contributed by atoms with Crippen LogP contribution in [0, 0.1) is 40.8 Å². The van der Waals surface area contributed by atoms with Crippen LogP contribution in [0.25, 0.3) is 0 Å². The van der Waals surface area contributed by atoms with Gasteiger partial charge >= 0.3 is 40.8 Å². The first-order valence-corrected chi connectivity index (χ1v) is 7.03. The van der Waals surface area contributed by atoms with Crippen molar-refractivity contribution in [3.63, 3.8) is 0 Å². The van der Waals surface area contributed by atoms with E-state index in [1.54, 1.807) is 14.7 Å². The van der Waals surface area contributed by atoms with Gasteiger partial charge in [0.05, 0.1) is 0 Å². The van der Waals surface area contributed by atoms with E-state index >= 15 is 0 Å². The summed E-state index contributed by atoms with van der Waals surface area (Å²) < 4.78 is 1.53. The number of hydrogen-bond acceptors (Lipinski definition) is 6. The second-order valence-electron chi connectivity index (χ2n) is 3.48. The van der Waals surface area contributed by atoms with Crippen molar-refractivity contribution in [1.29, 1.82) is 0 Å². The molecule has 0 saturated carbocycles. The zero-order valence-corrected chi connectivity index (χ0v) is 19.9.